The molecule has 1 heterocycles. The smallest absolute Gasteiger partial charge is 0.263 e. The fourth-order valence-corrected chi connectivity index (χ4v) is 3.52. The van der Waals surface area contributed by atoms with Crippen LogP contribution in [0.4, 0.5) is 5.69 Å². The highest BCUT2D eigenvalue weighted by molar-refractivity contribution is 9.10. The molecule has 0 amide bonds. The van der Waals surface area contributed by atoms with Crippen LogP contribution in [0.2, 0.25) is 10.2 Å². The molecule has 0 atom stereocenters. The molecule has 0 aliphatic heterocycles. The van der Waals surface area contributed by atoms with E-state index in [9.17, 15) is 8.42 Å². The first-order valence-corrected chi connectivity index (χ1v) is 8.99. The van der Waals surface area contributed by atoms with E-state index < -0.39 is 10.0 Å². The lowest BCUT2D eigenvalue weighted by Crippen LogP contribution is -2.14. The Hall–Kier alpha value is -0.820. The van der Waals surface area contributed by atoms with E-state index in [1.54, 1.807) is 12.1 Å². The van der Waals surface area contributed by atoms with E-state index >= 15 is 0 Å². The van der Waals surface area contributed by atoms with E-state index in [1.165, 1.54) is 12.3 Å². The zero-order chi connectivity index (χ0) is 15.6. The van der Waals surface area contributed by atoms with Crippen LogP contribution in [-0.2, 0) is 16.4 Å². The van der Waals surface area contributed by atoms with Crippen LogP contribution in [0.1, 0.15) is 12.5 Å². The number of hydrogen-bond donors (Lipinski definition) is 1. The van der Waals surface area contributed by atoms with Crippen LogP contribution in [0.3, 0.4) is 0 Å². The standard InChI is InChI=1S/C13H11BrCl2N2O2S/c1-2-8-5-9(14)3-4-12(8)18-21(19,20)10-6-11(15)13(16)17-7-10/h3-7,18H,2H2,1H3. The van der Waals surface area contributed by atoms with Crippen LogP contribution in [0.5, 0.6) is 0 Å². The second kappa shape index (κ2) is 6.52. The third-order valence-corrected chi connectivity index (χ3v) is 5.29. The lowest BCUT2D eigenvalue weighted by atomic mass is 10.1. The maximum absolute atomic E-state index is 12.4. The van der Waals surface area contributed by atoms with Crippen molar-refractivity contribution < 1.29 is 8.42 Å². The molecule has 4 nitrogen and oxygen atoms in total. The van der Waals surface area contributed by atoms with Gasteiger partial charge >= 0.3 is 0 Å². The fraction of sp³-hybridized carbons (Fsp3) is 0.154. The molecule has 0 spiro atoms. The van der Waals surface area contributed by atoms with E-state index in [4.69, 9.17) is 23.2 Å². The third kappa shape index (κ3) is 3.88. The summed E-state index contributed by atoms with van der Waals surface area (Å²) in [7, 11) is -3.77. The molecule has 2 aromatic rings. The van der Waals surface area contributed by atoms with Crippen molar-refractivity contribution in [3.05, 3.63) is 50.7 Å². The molecule has 0 bridgehead atoms. The molecular formula is C13H11BrCl2N2O2S. The summed E-state index contributed by atoms with van der Waals surface area (Å²) in [4.78, 5) is 3.71. The van der Waals surface area contributed by atoms with Gasteiger partial charge < -0.3 is 0 Å². The van der Waals surface area contributed by atoms with Crippen LogP contribution in [0.25, 0.3) is 0 Å². The average Bonchev–Trinajstić information content (AvgIpc) is 2.43. The molecule has 0 fully saturated rings. The van der Waals surface area contributed by atoms with Crippen LogP contribution < -0.4 is 4.72 Å². The summed E-state index contributed by atoms with van der Waals surface area (Å²) < 4.78 is 28.1. The normalized spacial score (nSPS) is 11.4. The van der Waals surface area contributed by atoms with Crippen LogP contribution in [-0.4, -0.2) is 13.4 Å². The van der Waals surface area contributed by atoms with Crippen LogP contribution in [0.15, 0.2) is 39.8 Å². The first-order chi connectivity index (χ1) is 9.83. The average molecular weight is 410 g/mol. The molecule has 0 unspecified atom stereocenters. The Morgan fingerprint density at radius 1 is 1.29 bits per heavy atom. The van der Waals surface area contributed by atoms with Gasteiger partial charge in [0.25, 0.3) is 10.0 Å². The number of benzene rings is 1. The Balaban J connectivity index is 2.39. The summed E-state index contributed by atoms with van der Waals surface area (Å²) >= 11 is 14.9. The van der Waals surface area contributed by atoms with Crippen molar-refractivity contribution in [2.24, 2.45) is 0 Å². The first kappa shape index (κ1) is 16.5. The zero-order valence-electron chi connectivity index (χ0n) is 10.9. The number of nitrogens with zero attached hydrogens (tertiary/aromatic N) is 1. The molecule has 0 saturated heterocycles. The van der Waals surface area contributed by atoms with Crippen molar-refractivity contribution in [1.82, 2.24) is 4.98 Å². The van der Waals surface area contributed by atoms with Gasteiger partial charge in [-0.1, -0.05) is 46.1 Å². The zero-order valence-corrected chi connectivity index (χ0v) is 14.8. The van der Waals surface area contributed by atoms with Crippen molar-refractivity contribution in [2.75, 3.05) is 4.72 Å². The Morgan fingerprint density at radius 2 is 2.00 bits per heavy atom. The quantitative estimate of drug-likeness (QED) is 0.755. The predicted octanol–water partition coefficient (Wildman–Crippen LogP) is 4.51. The number of rotatable bonds is 4. The highest BCUT2D eigenvalue weighted by Crippen LogP contribution is 2.26. The van der Waals surface area contributed by atoms with E-state index in [1.807, 2.05) is 13.0 Å². The number of pyridine rings is 1. The van der Waals surface area contributed by atoms with Gasteiger partial charge in [-0.05, 0) is 36.2 Å². The molecule has 0 aliphatic carbocycles. The minimum absolute atomic E-state index is 0.0399. The Bertz CT molecular complexity index is 782. The molecule has 1 N–H and O–H groups in total. The molecule has 112 valence electrons. The molecule has 1 aromatic heterocycles. The maximum Gasteiger partial charge on any atom is 0.263 e. The Morgan fingerprint density at radius 3 is 2.62 bits per heavy atom. The number of aryl methyl sites for hydroxylation is 1. The molecule has 8 heteroatoms. The largest absolute Gasteiger partial charge is 0.279 e. The van der Waals surface area contributed by atoms with Gasteiger partial charge in [0, 0.05) is 10.7 Å². The van der Waals surface area contributed by atoms with Gasteiger partial charge in [0.2, 0.25) is 0 Å². The monoisotopic (exact) mass is 408 g/mol. The summed E-state index contributed by atoms with van der Waals surface area (Å²) in [5, 5.41) is 0.152. The molecule has 0 radical (unpaired) electrons. The van der Waals surface area contributed by atoms with E-state index in [0.717, 1.165) is 10.0 Å². The highest BCUT2D eigenvalue weighted by Gasteiger charge is 2.18. The third-order valence-electron chi connectivity index (χ3n) is 2.77. The summed E-state index contributed by atoms with van der Waals surface area (Å²) in [5.41, 5.74) is 1.40. The van der Waals surface area contributed by atoms with Gasteiger partial charge in [-0.15, -0.1) is 0 Å². The molecular weight excluding hydrogens is 399 g/mol. The van der Waals surface area contributed by atoms with E-state index in [0.29, 0.717) is 12.1 Å². The Labute approximate surface area is 141 Å². The topological polar surface area (TPSA) is 59.1 Å². The highest BCUT2D eigenvalue weighted by atomic mass is 79.9. The van der Waals surface area contributed by atoms with Crippen LogP contribution >= 0.6 is 39.1 Å². The van der Waals surface area contributed by atoms with Crippen molar-refractivity contribution in [1.29, 1.82) is 0 Å². The van der Waals surface area contributed by atoms with Crippen molar-refractivity contribution >= 4 is 54.8 Å². The summed E-state index contributed by atoms with van der Waals surface area (Å²) in [6.45, 7) is 1.94. The number of anilines is 1. The van der Waals surface area contributed by atoms with Gasteiger partial charge in [-0.2, -0.15) is 0 Å². The van der Waals surface area contributed by atoms with Gasteiger partial charge in [-0.25, -0.2) is 13.4 Å². The molecule has 1 aromatic carbocycles. The molecule has 0 aliphatic rings. The van der Waals surface area contributed by atoms with Gasteiger partial charge in [-0.3, -0.25) is 4.72 Å². The molecule has 21 heavy (non-hydrogen) atoms. The summed E-state index contributed by atoms with van der Waals surface area (Å²) in [5.74, 6) is 0. The number of sulfonamides is 1. The maximum atomic E-state index is 12.4. The molecule has 2 rings (SSSR count). The Kier molecular flexibility index (Phi) is 5.14. The second-order valence-electron chi connectivity index (χ2n) is 4.20. The van der Waals surface area contributed by atoms with Crippen molar-refractivity contribution in [2.45, 2.75) is 18.2 Å². The van der Waals surface area contributed by atoms with Gasteiger partial charge in [0.1, 0.15) is 10.0 Å². The number of hydrogen-bond acceptors (Lipinski definition) is 3. The van der Waals surface area contributed by atoms with Gasteiger partial charge in [0.05, 0.1) is 10.7 Å². The van der Waals surface area contributed by atoms with E-state index in [2.05, 4.69) is 25.6 Å². The predicted molar refractivity (Wildman–Crippen MR) is 88.6 cm³/mol. The van der Waals surface area contributed by atoms with Crippen molar-refractivity contribution in [3.8, 4) is 0 Å². The SMILES string of the molecule is CCc1cc(Br)ccc1NS(=O)(=O)c1cnc(Cl)c(Cl)c1. The van der Waals surface area contributed by atoms with E-state index in [-0.39, 0.29) is 15.1 Å². The summed E-state index contributed by atoms with van der Waals surface area (Å²) in [6.07, 6.45) is 1.86. The van der Waals surface area contributed by atoms with Crippen molar-refractivity contribution in [3.63, 3.8) is 0 Å². The number of aromatic nitrogens is 1. The lowest BCUT2D eigenvalue weighted by Gasteiger charge is -2.12. The molecule has 0 saturated carbocycles. The summed E-state index contributed by atoms with van der Waals surface area (Å²) in [6, 6.07) is 6.60. The lowest BCUT2D eigenvalue weighted by molar-refractivity contribution is 0.600. The fourth-order valence-electron chi connectivity index (χ4n) is 1.71. The second-order valence-corrected chi connectivity index (χ2v) is 7.57. The minimum atomic E-state index is -3.77. The minimum Gasteiger partial charge on any atom is -0.279 e. The van der Waals surface area contributed by atoms with Crippen LogP contribution in [0, 0.1) is 0 Å². The first-order valence-electron chi connectivity index (χ1n) is 5.96. The van der Waals surface area contributed by atoms with Gasteiger partial charge in [0.15, 0.2) is 0 Å². The number of halogens is 3. The number of nitrogens with one attached hydrogen (secondary N) is 1.